The van der Waals surface area contributed by atoms with Crippen molar-refractivity contribution in [3.8, 4) is 5.75 Å². The highest BCUT2D eigenvalue weighted by Crippen LogP contribution is 2.28. The van der Waals surface area contributed by atoms with Crippen molar-refractivity contribution in [2.75, 3.05) is 7.11 Å². The smallest absolute Gasteiger partial charge is 0.137 e. The van der Waals surface area contributed by atoms with Crippen molar-refractivity contribution in [3.63, 3.8) is 0 Å². The first-order valence-corrected chi connectivity index (χ1v) is 5.21. The Balaban J connectivity index is 2.88. The molecular weight excluding hydrogens is 212 g/mol. The predicted octanol–water partition coefficient (Wildman–Crippen LogP) is 3.14. The van der Waals surface area contributed by atoms with Gasteiger partial charge in [0.15, 0.2) is 0 Å². The van der Waals surface area contributed by atoms with E-state index in [-0.39, 0.29) is 0 Å². The number of nitrogens with zero attached hydrogens (tertiary/aromatic N) is 1. The fourth-order valence-electron chi connectivity index (χ4n) is 1.20. The maximum atomic E-state index is 5.95. The van der Waals surface area contributed by atoms with E-state index < -0.39 is 0 Å². The van der Waals surface area contributed by atoms with Crippen molar-refractivity contribution < 1.29 is 4.74 Å². The fraction of sp³-hybridized carbons (Fsp3) is 0.364. The second-order valence-corrected chi connectivity index (χ2v) is 3.58. The van der Waals surface area contributed by atoms with Crippen LogP contribution in [-0.2, 0) is 0 Å². The maximum Gasteiger partial charge on any atom is 0.137 e. The van der Waals surface area contributed by atoms with E-state index in [2.05, 4.69) is 11.9 Å². The van der Waals surface area contributed by atoms with Gasteiger partial charge in [-0.05, 0) is 24.6 Å². The molecular formula is C11H15ClN2O. The first kappa shape index (κ1) is 11.9. The second-order valence-electron chi connectivity index (χ2n) is 3.17. The minimum absolute atomic E-state index is 0.544. The van der Waals surface area contributed by atoms with Crippen LogP contribution < -0.4 is 10.5 Å². The summed E-state index contributed by atoms with van der Waals surface area (Å²) >= 11 is 5.95. The molecule has 1 rings (SSSR count). The average Bonchev–Trinajstić information content (AvgIpc) is 2.18. The third-order valence-electron chi connectivity index (χ3n) is 1.91. The van der Waals surface area contributed by atoms with Crippen molar-refractivity contribution in [1.29, 1.82) is 0 Å². The first-order valence-electron chi connectivity index (χ1n) is 4.84. The van der Waals surface area contributed by atoms with Crippen molar-refractivity contribution in [2.24, 2.45) is 10.7 Å². The molecule has 4 heteroatoms. The van der Waals surface area contributed by atoms with Gasteiger partial charge in [-0.15, -0.1) is 0 Å². The van der Waals surface area contributed by atoms with Gasteiger partial charge < -0.3 is 10.5 Å². The zero-order valence-electron chi connectivity index (χ0n) is 8.96. The monoisotopic (exact) mass is 226 g/mol. The van der Waals surface area contributed by atoms with Gasteiger partial charge in [0, 0.05) is 6.42 Å². The van der Waals surface area contributed by atoms with Crippen molar-refractivity contribution >= 4 is 23.1 Å². The Morgan fingerprint density at radius 1 is 1.53 bits per heavy atom. The standard InChI is InChI=1S/C11H15ClN2O/c1-3-4-11(13)14-8-5-6-10(15-2)9(12)7-8/h5-7H,3-4H2,1-2H3,(H2,13,14). The van der Waals surface area contributed by atoms with Crippen molar-refractivity contribution in [1.82, 2.24) is 0 Å². The Kier molecular flexibility index (Phi) is 4.43. The number of rotatable bonds is 4. The van der Waals surface area contributed by atoms with Crippen LogP contribution in [0.1, 0.15) is 19.8 Å². The molecule has 0 fully saturated rings. The molecule has 2 N–H and O–H groups in total. The van der Waals surface area contributed by atoms with E-state index >= 15 is 0 Å². The summed E-state index contributed by atoms with van der Waals surface area (Å²) in [6, 6.07) is 5.34. The van der Waals surface area contributed by atoms with Gasteiger partial charge in [-0.1, -0.05) is 18.5 Å². The van der Waals surface area contributed by atoms with Crippen molar-refractivity contribution in [2.45, 2.75) is 19.8 Å². The molecule has 0 heterocycles. The summed E-state index contributed by atoms with van der Waals surface area (Å²) in [6.07, 6.45) is 1.78. The number of hydrogen-bond acceptors (Lipinski definition) is 2. The normalized spacial score (nSPS) is 11.5. The van der Waals surface area contributed by atoms with Gasteiger partial charge in [-0.25, -0.2) is 4.99 Å². The Morgan fingerprint density at radius 2 is 2.27 bits per heavy atom. The number of hydrogen-bond donors (Lipinski definition) is 1. The van der Waals surface area contributed by atoms with E-state index in [4.69, 9.17) is 22.1 Å². The van der Waals surface area contributed by atoms with E-state index in [0.29, 0.717) is 16.6 Å². The molecule has 0 atom stereocenters. The molecule has 0 bridgehead atoms. The van der Waals surface area contributed by atoms with E-state index in [1.54, 1.807) is 19.2 Å². The Morgan fingerprint density at radius 3 is 2.80 bits per heavy atom. The lowest BCUT2D eigenvalue weighted by atomic mass is 10.3. The number of benzene rings is 1. The Hall–Kier alpha value is -1.22. The minimum Gasteiger partial charge on any atom is -0.495 e. The van der Waals surface area contributed by atoms with Crippen LogP contribution in [0.15, 0.2) is 23.2 Å². The number of nitrogens with two attached hydrogens (primary N) is 1. The third kappa shape index (κ3) is 3.44. The Bertz CT molecular complexity index is 364. The van der Waals surface area contributed by atoms with Gasteiger partial charge in [0.1, 0.15) is 5.75 Å². The summed E-state index contributed by atoms with van der Waals surface area (Å²) in [5.74, 6) is 1.27. The molecule has 0 amide bonds. The molecule has 82 valence electrons. The molecule has 1 aromatic carbocycles. The summed E-state index contributed by atoms with van der Waals surface area (Å²) < 4.78 is 5.04. The van der Waals surface area contributed by atoms with Crippen LogP contribution in [0.25, 0.3) is 0 Å². The molecule has 1 aromatic rings. The molecule has 3 nitrogen and oxygen atoms in total. The topological polar surface area (TPSA) is 47.6 Å². The fourth-order valence-corrected chi connectivity index (χ4v) is 1.45. The van der Waals surface area contributed by atoms with Gasteiger partial charge in [-0.2, -0.15) is 0 Å². The van der Waals surface area contributed by atoms with Crippen LogP contribution in [0.5, 0.6) is 5.75 Å². The lowest BCUT2D eigenvalue weighted by molar-refractivity contribution is 0.415. The highest BCUT2D eigenvalue weighted by atomic mass is 35.5. The molecule has 0 saturated carbocycles. The molecule has 0 spiro atoms. The molecule has 0 aliphatic rings. The van der Waals surface area contributed by atoms with E-state index in [1.807, 2.05) is 6.07 Å². The van der Waals surface area contributed by atoms with E-state index in [0.717, 1.165) is 18.5 Å². The molecule has 0 aromatic heterocycles. The highest BCUT2D eigenvalue weighted by Gasteiger charge is 2.01. The second kappa shape index (κ2) is 5.61. The Labute approximate surface area is 94.9 Å². The zero-order chi connectivity index (χ0) is 11.3. The number of amidine groups is 1. The van der Waals surface area contributed by atoms with Crippen LogP contribution in [0.2, 0.25) is 5.02 Å². The average molecular weight is 227 g/mol. The quantitative estimate of drug-likeness (QED) is 0.633. The van der Waals surface area contributed by atoms with Gasteiger partial charge in [-0.3, -0.25) is 0 Å². The van der Waals surface area contributed by atoms with Crippen LogP contribution in [0.4, 0.5) is 5.69 Å². The highest BCUT2D eigenvalue weighted by molar-refractivity contribution is 6.32. The number of aliphatic imine (C=N–C) groups is 1. The van der Waals surface area contributed by atoms with Crippen LogP contribution in [-0.4, -0.2) is 12.9 Å². The van der Waals surface area contributed by atoms with Gasteiger partial charge in [0.25, 0.3) is 0 Å². The first-order chi connectivity index (χ1) is 7.17. The molecule has 0 saturated heterocycles. The van der Waals surface area contributed by atoms with Gasteiger partial charge in [0.05, 0.1) is 23.7 Å². The SMILES string of the molecule is CCCC(N)=Nc1ccc(OC)c(Cl)c1. The largest absolute Gasteiger partial charge is 0.495 e. The number of halogens is 1. The van der Waals surface area contributed by atoms with E-state index in [9.17, 15) is 0 Å². The summed E-state index contributed by atoms with van der Waals surface area (Å²) in [5, 5.41) is 0.544. The summed E-state index contributed by atoms with van der Waals surface area (Å²) in [7, 11) is 1.58. The third-order valence-corrected chi connectivity index (χ3v) is 2.21. The maximum absolute atomic E-state index is 5.95. The molecule has 0 unspecified atom stereocenters. The summed E-state index contributed by atoms with van der Waals surface area (Å²) in [6.45, 7) is 2.06. The summed E-state index contributed by atoms with van der Waals surface area (Å²) in [4.78, 5) is 4.24. The minimum atomic E-state index is 0.544. The van der Waals surface area contributed by atoms with Crippen LogP contribution in [0, 0.1) is 0 Å². The van der Waals surface area contributed by atoms with Gasteiger partial charge in [0.2, 0.25) is 0 Å². The van der Waals surface area contributed by atoms with Crippen molar-refractivity contribution in [3.05, 3.63) is 23.2 Å². The lowest BCUT2D eigenvalue weighted by Gasteiger charge is -2.03. The predicted molar refractivity (Wildman–Crippen MR) is 64.2 cm³/mol. The molecule has 0 aliphatic carbocycles. The number of methoxy groups -OCH3 is 1. The molecule has 0 radical (unpaired) electrons. The van der Waals surface area contributed by atoms with Gasteiger partial charge >= 0.3 is 0 Å². The molecule has 15 heavy (non-hydrogen) atoms. The molecule has 0 aliphatic heterocycles. The zero-order valence-corrected chi connectivity index (χ0v) is 9.71. The summed E-state index contributed by atoms with van der Waals surface area (Å²) in [5.41, 5.74) is 6.47. The lowest BCUT2D eigenvalue weighted by Crippen LogP contribution is -2.09. The number of ether oxygens (including phenoxy) is 1. The van der Waals surface area contributed by atoms with E-state index in [1.165, 1.54) is 0 Å². The van der Waals surface area contributed by atoms with Crippen LogP contribution >= 0.6 is 11.6 Å². The van der Waals surface area contributed by atoms with Crippen LogP contribution in [0.3, 0.4) is 0 Å².